The quantitative estimate of drug-likeness (QED) is 0.676. The number of rotatable bonds is 6. The van der Waals surface area contributed by atoms with Gasteiger partial charge in [0.1, 0.15) is 0 Å². The second kappa shape index (κ2) is 6.88. The smallest absolute Gasteiger partial charge is 0.0940 e. The summed E-state index contributed by atoms with van der Waals surface area (Å²) in [6.07, 6.45) is 3.18. The molecule has 0 saturated carbocycles. The van der Waals surface area contributed by atoms with Crippen LogP contribution in [0.3, 0.4) is 0 Å². The number of nitriles is 1. The molecule has 0 rings (SSSR count). The molecule has 0 fully saturated rings. The lowest BCUT2D eigenvalue weighted by Crippen LogP contribution is -2.33. The van der Waals surface area contributed by atoms with Gasteiger partial charge in [0.05, 0.1) is 12.1 Å². The van der Waals surface area contributed by atoms with Crippen molar-refractivity contribution in [3.8, 4) is 6.07 Å². The average Bonchev–Trinajstić information content (AvgIpc) is 2.13. The van der Waals surface area contributed by atoms with Gasteiger partial charge in [-0.1, -0.05) is 13.3 Å². The van der Waals surface area contributed by atoms with Gasteiger partial charge in [-0.25, -0.2) is 0 Å². The number of hydrogen-bond donors (Lipinski definition) is 1. The van der Waals surface area contributed by atoms with E-state index < -0.39 is 0 Å². The van der Waals surface area contributed by atoms with Gasteiger partial charge in [-0.15, -0.1) is 0 Å². The van der Waals surface area contributed by atoms with Crippen LogP contribution in [0.4, 0.5) is 0 Å². The lowest BCUT2D eigenvalue weighted by Gasteiger charge is -2.24. The molecule has 0 aliphatic heterocycles. The van der Waals surface area contributed by atoms with Gasteiger partial charge >= 0.3 is 0 Å². The molecule has 3 nitrogen and oxygen atoms in total. The van der Waals surface area contributed by atoms with Crippen LogP contribution in [0.15, 0.2) is 0 Å². The van der Waals surface area contributed by atoms with Gasteiger partial charge in [0.2, 0.25) is 0 Å². The molecule has 2 atom stereocenters. The van der Waals surface area contributed by atoms with Crippen molar-refractivity contribution in [3.63, 3.8) is 0 Å². The van der Waals surface area contributed by atoms with Gasteiger partial charge in [0, 0.05) is 12.6 Å². The molecule has 2 N–H and O–H groups in total. The predicted molar refractivity (Wildman–Crippen MR) is 55.2 cm³/mol. The first-order chi connectivity index (χ1) is 6.11. The molecule has 0 spiro atoms. The first kappa shape index (κ1) is 12.4. The van der Waals surface area contributed by atoms with Crippen LogP contribution in [0, 0.1) is 11.3 Å². The fourth-order valence-electron chi connectivity index (χ4n) is 1.27. The highest BCUT2D eigenvalue weighted by Crippen LogP contribution is 2.04. The lowest BCUT2D eigenvalue weighted by molar-refractivity contribution is 0.240. The highest BCUT2D eigenvalue weighted by Gasteiger charge is 2.09. The van der Waals surface area contributed by atoms with Crippen molar-refractivity contribution in [1.82, 2.24) is 4.90 Å². The molecule has 0 aromatic carbocycles. The summed E-state index contributed by atoms with van der Waals surface area (Å²) >= 11 is 0. The third-order valence-electron chi connectivity index (χ3n) is 2.42. The zero-order valence-corrected chi connectivity index (χ0v) is 8.95. The molecule has 0 radical (unpaired) electrons. The summed E-state index contributed by atoms with van der Waals surface area (Å²) in [6.45, 7) is 5.31. The minimum Gasteiger partial charge on any atom is -0.316 e. The standard InChI is InChI=1S/C10H21N3/c1-4-5-9(2)13(3)7-6-10(12)8-11/h9-10H,4-7,12H2,1-3H3. The van der Waals surface area contributed by atoms with Crippen molar-refractivity contribution in [1.29, 1.82) is 5.26 Å². The Morgan fingerprint density at radius 1 is 1.46 bits per heavy atom. The monoisotopic (exact) mass is 183 g/mol. The fraction of sp³-hybridized carbons (Fsp3) is 0.900. The summed E-state index contributed by atoms with van der Waals surface area (Å²) in [7, 11) is 2.09. The predicted octanol–water partition coefficient (Wildman–Crippen LogP) is 1.35. The Bertz CT molecular complexity index is 162. The van der Waals surface area contributed by atoms with E-state index in [1.807, 2.05) is 6.07 Å². The van der Waals surface area contributed by atoms with Crippen molar-refractivity contribution >= 4 is 0 Å². The lowest BCUT2D eigenvalue weighted by atomic mass is 10.1. The zero-order valence-electron chi connectivity index (χ0n) is 8.95. The average molecular weight is 183 g/mol. The minimum atomic E-state index is -0.309. The van der Waals surface area contributed by atoms with Crippen LogP contribution < -0.4 is 5.73 Å². The second-order valence-corrected chi connectivity index (χ2v) is 3.64. The highest BCUT2D eigenvalue weighted by atomic mass is 15.1. The summed E-state index contributed by atoms with van der Waals surface area (Å²) in [6, 6.07) is 2.33. The first-order valence-electron chi connectivity index (χ1n) is 4.97. The van der Waals surface area contributed by atoms with Crippen LogP contribution in [0.2, 0.25) is 0 Å². The van der Waals surface area contributed by atoms with E-state index in [1.165, 1.54) is 12.8 Å². The Morgan fingerprint density at radius 3 is 2.54 bits per heavy atom. The summed E-state index contributed by atoms with van der Waals surface area (Å²) in [5, 5.41) is 8.50. The number of nitrogens with two attached hydrogens (primary N) is 1. The van der Waals surface area contributed by atoms with E-state index in [-0.39, 0.29) is 6.04 Å². The van der Waals surface area contributed by atoms with Crippen LogP contribution in [-0.4, -0.2) is 30.6 Å². The van der Waals surface area contributed by atoms with Crippen LogP contribution in [0.25, 0.3) is 0 Å². The number of nitrogens with zero attached hydrogens (tertiary/aromatic N) is 2. The molecule has 0 aromatic heterocycles. The van der Waals surface area contributed by atoms with E-state index in [9.17, 15) is 0 Å². The topological polar surface area (TPSA) is 53.0 Å². The van der Waals surface area contributed by atoms with E-state index in [0.29, 0.717) is 6.04 Å². The molecular formula is C10H21N3. The maximum Gasteiger partial charge on any atom is 0.0940 e. The molecule has 76 valence electrons. The Balaban J connectivity index is 3.61. The maximum absolute atomic E-state index is 8.50. The van der Waals surface area contributed by atoms with Crippen molar-refractivity contribution in [2.75, 3.05) is 13.6 Å². The minimum absolute atomic E-state index is 0.309. The van der Waals surface area contributed by atoms with E-state index >= 15 is 0 Å². The third kappa shape index (κ3) is 5.62. The zero-order chi connectivity index (χ0) is 10.3. The van der Waals surface area contributed by atoms with Crippen molar-refractivity contribution < 1.29 is 0 Å². The molecule has 0 aromatic rings. The first-order valence-corrected chi connectivity index (χ1v) is 4.97. The Labute approximate surface area is 81.5 Å². The molecule has 2 unspecified atom stereocenters. The largest absolute Gasteiger partial charge is 0.316 e. The van der Waals surface area contributed by atoms with E-state index in [2.05, 4.69) is 25.8 Å². The maximum atomic E-state index is 8.50. The van der Waals surface area contributed by atoms with Crippen LogP contribution in [0.1, 0.15) is 33.1 Å². The molecule has 0 aliphatic rings. The normalized spacial score (nSPS) is 15.4. The van der Waals surface area contributed by atoms with E-state index in [1.54, 1.807) is 0 Å². The second-order valence-electron chi connectivity index (χ2n) is 3.64. The Hall–Kier alpha value is -0.590. The molecular weight excluding hydrogens is 162 g/mol. The fourth-order valence-corrected chi connectivity index (χ4v) is 1.27. The molecule has 0 aliphatic carbocycles. The van der Waals surface area contributed by atoms with Crippen molar-refractivity contribution in [3.05, 3.63) is 0 Å². The molecule has 0 heterocycles. The van der Waals surface area contributed by atoms with Crippen molar-refractivity contribution in [2.45, 2.75) is 45.2 Å². The van der Waals surface area contributed by atoms with Crippen LogP contribution in [0.5, 0.6) is 0 Å². The third-order valence-corrected chi connectivity index (χ3v) is 2.42. The van der Waals surface area contributed by atoms with Crippen molar-refractivity contribution in [2.24, 2.45) is 5.73 Å². The Morgan fingerprint density at radius 2 is 2.08 bits per heavy atom. The summed E-state index contributed by atoms with van der Waals surface area (Å²) in [5.74, 6) is 0. The van der Waals surface area contributed by atoms with Gasteiger partial charge < -0.3 is 10.6 Å². The molecule has 0 bridgehead atoms. The van der Waals surface area contributed by atoms with Gasteiger partial charge in [-0.2, -0.15) is 5.26 Å². The molecule has 13 heavy (non-hydrogen) atoms. The summed E-state index contributed by atoms with van der Waals surface area (Å²) in [5.41, 5.74) is 5.51. The molecule has 3 heteroatoms. The van der Waals surface area contributed by atoms with E-state index in [0.717, 1.165) is 13.0 Å². The summed E-state index contributed by atoms with van der Waals surface area (Å²) in [4.78, 5) is 2.26. The van der Waals surface area contributed by atoms with Gasteiger partial charge in [-0.05, 0) is 26.8 Å². The Kier molecular flexibility index (Phi) is 6.56. The highest BCUT2D eigenvalue weighted by molar-refractivity contribution is 4.86. The SMILES string of the molecule is CCCC(C)N(C)CCC(N)C#N. The van der Waals surface area contributed by atoms with Crippen LogP contribution >= 0.6 is 0 Å². The number of hydrogen-bond acceptors (Lipinski definition) is 3. The van der Waals surface area contributed by atoms with E-state index in [4.69, 9.17) is 11.0 Å². The van der Waals surface area contributed by atoms with Gasteiger partial charge in [0.25, 0.3) is 0 Å². The van der Waals surface area contributed by atoms with Crippen LogP contribution in [-0.2, 0) is 0 Å². The molecule has 0 amide bonds. The summed E-state index contributed by atoms with van der Waals surface area (Å²) < 4.78 is 0. The van der Waals surface area contributed by atoms with Gasteiger partial charge in [0.15, 0.2) is 0 Å². The molecule has 0 saturated heterocycles. The van der Waals surface area contributed by atoms with Gasteiger partial charge in [-0.3, -0.25) is 0 Å².